The largest absolute Gasteiger partial charge is 0.308 e. The molecule has 0 saturated heterocycles. The third-order valence-corrected chi connectivity index (χ3v) is 2.73. The predicted octanol–water partition coefficient (Wildman–Crippen LogP) is 2.12. The lowest BCUT2D eigenvalue weighted by Gasteiger charge is -2.18. The highest BCUT2D eigenvalue weighted by atomic mass is 35.5. The van der Waals surface area contributed by atoms with E-state index in [4.69, 9.17) is 11.6 Å². The molecule has 0 aliphatic rings. The summed E-state index contributed by atoms with van der Waals surface area (Å²) in [5.74, 6) is 0.103. The Morgan fingerprint density at radius 1 is 1.47 bits per heavy atom. The van der Waals surface area contributed by atoms with E-state index < -0.39 is 0 Å². The van der Waals surface area contributed by atoms with Crippen molar-refractivity contribution >= 4 is 17.4 Å². The van der Waals surface area contributed by atoms with Gasteiger partial charge in [0.05, 0.1) is 6.04 Å². The third-order valence-electron chi connectivity index (χ3n) is 2.50. The van der Waals surface area contributed by atoms with Gasteiger partial charge >= 0.3 is 0 Å². The summed E-state index contributed by atoms with van der Waals surface area (Å²) in [5, 5.41) is 3.90. The van der Waals surface area contributed by atoms with E-state index in [1.807, 2.05) is 38.4 Å². The predicted molar refractivity (Wildman–Crippen MR) is 71.4 cm³/mol. The Balaban J connectivity index is 2.69. The second kappa shape index (κ2) is 6.74. The van der Waals surface area contributed by atoms with Crippen LogP contribution in [0.5, 0.6) is 0 Å². The van der Waals surface area contributed by atoms with Gasteiger partial charge in [-0.3, -0.25) is 4.79 Å². The minimum absolute atomic E-state index is 0.103. The molecule has 1 N–H and O–H groups in total. The van der Waals surface area contributed by atoms with Gasteiger partial charge in [-0.05, 0) is 38.7 Å². The summed E-state index contributed by atoms with van der Waals surface area (Å²) < 4.78 is 0. The number of carbonyl (C=O) groups excluding carboxylic acids is 1. The van der Waals surface area contributed by atoms with Gasteiger partial charge in [-0.15, -0.1) is 0 Å². The first-order valence-corrected chi connectivity index (χ1v) is 6.02. The first kappa shape index (κ1) is 14.2. The second-order valence-corrected chi connectivity index (χ2v) is 4.79. The highest BCUT2D eigenvalue weighted by molar-refractivity contribution is 6.30. The number of carbonyl (C=O) groups is 1. The fourth-order valence-electron chi connectivity index (χ4n) is 1.61. The Labute approximate surface area is 108 Å². The van der Waals surface area contributed by atoms with Crippen molar-refractivity contribution in [1.82, 2.24) is 10.2 Å². The van der Waals surface area contributed by atoms with Gasteiger partial charge in [0, 0.05) is 18.1 Å². The van der Waals surface area contributed by atoms with E-state index in [2.05, 4.69) is 10.2 Å². The van der Waals surface area contributed by atoms with Crippen LogP contribution in [0.25, 0.3) is 0 Å². The number of benzene rings is 1. The molecular weight excluding hydrogens is 236 g/mol. The Morgan fingerprint density at radius 2 is 2.18 bits per heavy atom. The van der Waals surface area contributed by atoms with E-state index in [1.165, 1.54) is 0 Å². The number of Topliss-reactive ketones (excluding diaryl/α,β-unsaturated/α-hetero) is 1. The van der Waals surface area contributed by atoms with E-state index in [0.29, 0.717) is 5.02 Å². The van der Waals surface area contributed by atoms with Gasteiger partial charge in [-0.2, -0.15) is 0 Å². The van der Waals surface area contributed by atoms with Gasteiger partial charge in [-0.1, -0.05) is 23.7 Å². The molecule has 0 aliphatic carbocycles. The fraction of sp³-hybridized carbons (Fsp3) is 0.462. The number of nitrogens with one attached hydrogen (secondary N) is 1. The van der Waals surface area contributed by atoms with Gasteiger partial charge in [0.1, 0.15) is 0 Å². The third kappa shape index (κ3) is 4.86. The quantitative estimate of drug-likeness (QED) is 0.844. The molecule has 4 heteroatoms. The monoisotopic (exact) mass is 254 g/mol. The summed E-state index contributed by atoms with van der Waals surface area (Å²) in [6.07, 6.45) is 0. The maximum atomic E-state index is 11.6. The highest BCUT2D eigenvalue weighted by Crippen LogP contribution is 2.18. The molecule has 0 aliphatic heterocycles. The number of likely N-dealkylation sites (N-methyl/N-ethyl adjacent to an activating group) is 1. The van der Waals surface area contributed by atoms with Crippen molar-refractivity contribution in [3.8, 4) is 0 Å². The van der Waals surface area contributed by atoms with Crippen LogP contribution < -0.4 is 5.32 Å². The van der Waals surface area contributed by atoms with Crippen molar-refractivity contribution in [3.05, 3.63) is 34.9 Å². The number of hydrogen-bond donors (Lipinski definition) is 1. The van der Waals surface area contributed by atoms with Crippen molar-refractivity contribution in [1.29, 1.82) is 0 Å². The zero-order valence-corrected chi connectivity index (χ0v) is 11.3. The van der Waals surface area contributed by atoms with Gasteiger partial charge in [0.25, 0.3) is 0 Å². The molecule has 0 amide bonds. The lowest BCUT2D eigenvalue weighted by atomic mass is 10.0. The molecule has 17 heavy (non-hydrogen) atoms. The molecule has 1 aromatic rings. The summed E-state index contributed by atoms with van der Waals surface area (Å²) >= 11 is 5.93. The van der Waals surface area contributed by atoms with Crippen molar-refractivity contribution < 1.29 is 4.79 Å². The Kier molecular flexibility index (Phi) is 5.62. The number of hydrogen-bond acceptors (Lipinski definition) is 3. The minimum atomic E-state index is -0.270. The molecule has 0 aromatic heterocycles. The van der Waals surface area contributed by atoms with E-state index >= 15 is 0 Å². The molecule has 3 nitrogen and oxygen atoms in total. The van der Waals surface area contributed by atoms with Crippen LogP contribution in [-0.4, -0.2) is 37.9 Å². The Morgan fingerprint density at radius 3 is 2.71 bits per heavy atom. The second-order valence-electron chi connectivity index (χ2n) is 4.36. The van der Waals surface area contributed by atoms with Gasteiger partial charge in [0.15, 0.2) is 5.78 Å². The van der Waals surface area contributed by atoms with Crippen LogP contribution in [0.1, 0.15) is 18.5 Å². The van der Waals surface area contributed by atoms with Gasteiger partial charge in [0.2, 0.25) is 0 Å². The lowest BCUT2D eigenvalue weighted by molar-refractivity contribution is -0.119. The van der Waals surface area contributed by atoms with Crippen molar-refractivity contribution in [2.45, 2.75) is 13.0 Å². The van der Waals surface area contributed by atoms with E-state index in [1.54, 1.807) is 6.92 Å². The molecule has 94 valence electrons. The lowest BCUT2D eigenvalue weighted by Crippen LogP contribution is -2.33. The Hall–Kier alpha value is -0.900. The Bertz CT molecular complexity index is 379. The molecular formula is C13H19ClN2O. The van der Waals surface area contributed by atoms with Crippen LogP contribution in [-0.2, 0) is 4.79 Å². The van der Waals surface area contributed by atoms with Crippen molar-refractivity contribution in [2.75, 3.05) is 27.2 Å². The molecule has 1 aromatic carbocycles. The summed E-state index contributed by atoms with van der Waals surface area (Å²) in [4.78, 5) is 13.7. The molecule has 1 unspecified atom stereocenters. The maximum absolute atomic E-state index is 11.6. The molecule has 0 bridgehead atoms. The molecule has 0 fully saturated rings. The zero-order chi connectivity index (χ0) is 12.8. The van der Waals surface area contributed by atoms with Crippen molar-refractivity contribution in [2.24, 2.45) is 0 Å². The average Bonchev–Trinajstić information content (AvgIpc) is 2.23. The molecule has 0 radical (unpaired) electrons. The SMILES string of the molecule is CC(=O)C(NCCN(C)C)c1cccc(Cl)c1. The molecule has 0 heterocycles. The van der Waals surface area contributed by atoms with Crippen molar-refractivity contribution in [3.63, 3.8) is 0 Å². The number of rotatable bonds is 6. The summed E-state index contributed by atoms with van der Waals surface area (Å²) in [6, 6.07) is 7.15. The average molecular weight is 255 g/mol. The zero-order valence-electron chi connectivity index (χ0n) is 10.5. The smallest absolute Gasteiger partial charge is 0.151 e. The van der Waals surface area contributed by atoms with Gasteiger partial charge < -0.3 is 10.2 Å². The van der Waals surface area contributed by atoms with Crippen LogP contribution in [0.4, 0.5) is 0 Å². The number of halogens is 1. The molecule has 0 saturated carbocycles. The summed E-state index contributed by atoms with van der Waals surface area (Å²) in [7, 11) is 4.01. The topological polar surface area (TPSA) is 32.3 Å². The standard InChI is InChI=1S/C13H19ClN2O/c1-10(17)13(15-7-8-16(2)3)11-5-4-6-12(14)9-11/h4-6,9,13,15H,7-8H2,1-3H3. The van der Waals surface area contributed by atoms with Gasteiger partial charge in [-0.25, -0.2) is 0 Å². The van der Waals surface area contributed by atoms with Crippen LogP contribution in [0.15, 0.2) is 24.3 Å². The highest BCUT2D eigenvalue weighted by Gasteiger charge is 2.15. The molecule has 1 atom stereocenters. The van der Waals surface area contributed by atoms with Crippen LogP contribution in [0.3, 0.4) is 0 Å². The van der Waals surface area contributed by atoms with E-state index in [0.717, 1.165) is 18.7 Å². The summed E-state index contributed by atoms with van der Waals surface area (Å²) in [6.45, 7) is 3.25. The maximum Gasteiger partial charge on any atom is 0.151 e. The van der Waals surface area contributed by atoms with Crippen LogP contribution >= 0.6 is 11.6 Å². The molecule has 1 rings (SSSR count). The van der Waals surface area contributed by atoms with Crippen LogP contribution in [0, 0.1) is 0 Å². The fourth-order valence-corrected chi connectivity index (χ4v) is 1.81. The summed E-state index contributed by atoms with van der Waals surface area (Å²) in [5.41, 5.74) is 0.920. The van der Waals surface area contributed by atoms with Crippen LogP contribution in [0.2, 0.25) is 5.02 Å². The number of ketones is 1. The normalized spacial score (nSPS) is 12.8. The first-order chi connectivity index (χ1) is 8.00. The minimum Gasteiger partial charge on any atom is -0.308 e. The van der Waals surface area contributed by atoms with E-state index in [9.17, 15) is 4.79 Å². The number of nitrogens with zero attached hydrogens (tertiary/aromatic N) is 1. The first-order valence-electron chi connectivity index (χ1n) is 5.64. The molecule has 0 spiro atoms. The van der Waals surface area contributed by atoms with E-state index in [-0.39, 0.29) is 11.8 Å².